The van der Waals surface area contributed by atoms with Gasteiger partial charge in [-0.25, -0.2) is 13.1 Å². The number of hydrogen-bond acceptors (Lipinski definition) is 5. The fraction of sp³-hybridized carbons (Fsp3) is 1.00. The van der Waals surface area contributed by atoms with E-state index in [1.165, 1.54) is 0 Å². The van der Waals surface area contributed by atoms with E-state index >= 15 is 0 Å². The van der Waals surface area contributed by atoms with Crippen molar-refractivity contribution in [1.82, 2.24) is 10.0 Å². The first-order valence-corrected chi connectivity index (χ1v) is 7.85. The summed E-state index contributed by atoms with van der Waals surface area (Å²) in [5.74, 6) is 0. The van der Waals surface area contributed by atoms with Gasteiger partial charge in [0.05, 0.1) is 18.5 Å². The van der Waals surface area contributed by atoms with Gasteiger partial charge in [0.15, 0.2) is 0 Å². The van der Waals surface area contributed by atoms with Crippen LogP contribution in [-0.4, -0.2) is 60.2 Å². The van der Waals surface area contributed by atoms with E-state index in [0.717, 1.165) is 6.54 Å². The van der Waals surface area contributed by atoms with Crippen molar-refractivity contribution in [2.24, 2.45) is 0 Å². The first-order valence-electron chi connectivity index (χ1n) is 6.30. The van der Waals surface area contributed by atoms with Gasteiger partial charge in [-0.15, -0.1) is 0 Å². The van der Waals surface area contributed by atoms with Crippen molar-refractivity contribution in [2.45, 2.75) is 25.5 Å². The Bertz CT molecular complexity index is 283. The van der Waals surface area contributed by atoms with Gasteiger partial charge in [-0.2, -0.15) is 0 Å². The van der Waals surface area contributed by atoms with Gasteiger partial charge >= 0.3 is 0 Å². The van der Waals surface area contributed by atoms with E-state index in [-0.39, 0.29) is 0 Å². The highest BCUT2D eigenvalue weighted by Gasteiger charge is 2.18. The van der Waals surface area contributed by atoms with Crippen LogP contribution in [0.25, 0.3) is 0 Å². The minimum Gasteiger partial charge on any atom is -0.382 e. The van der Waals surface area contributed by atoms with Crippen molar-refractivity contribution in [1.29, 1.82) is 0 Å². The van der Waals surface area contributed by atoms with Crippen LogP contribution in [0.3, 0.4) is 0 Å². The minimum atomic E-state index is -3.22. The Morgan fingerprint density at radius 3 is 2.56 bits per heavy atom. The Balaban J connectivity index is 3.64. The van der Waals surface area contributed by atoms with Crippen molar-refractivity contribution in [3.05, 3.63) is 0 Å². The molecule has 0 aliphatic rings. The molecule has 1 atom stereocenters. The van der Waals surface area contributed by atoms with E-state index in [4.69, 9.17) is 9.47 Å². The molecule has 0 aromatic rings. The lowest BCUT2D eigenvalue weighted by atomic mass is 10.5. The fourth-order valence-electron chi connectivity index (χ4n) is 1.23. The molecule has 0 amide bonds. The SMILES string of the molecule is CCNCC(C)S(=O)(=O)NCCCOCCOC. The standard InChI is InChI=1S/C11H26N2O4S/c1-4-12-10-11(2)18(14,15)13-6-5-7-17-9-8-16-3/h11-13H,4-10H2,1-3H3. The van der Waals surface area contributed by atoms with Crippen molar-refractivity contribution in [2.75, 3.05) is 46.6 Å². The number of methoxy groups -OCH3 is 1. The molecule has 0 aromatic heterocycles. The normalized spacial score (nSPS) is 13.7. The van der Waals surface area contributed by atoms with Gasteiger partial charge < -0.3 is 14.8 Å². The Morgan fingerprint density at radius 2 is 1.94 bits per heavy atom. The number of nitrogens with one attached hydrogen (secondary N) is 2. The molecule has 18 heavy (non-hydrogen) atoms. The third-order valence-electron chi connectivity index (χ3n) is 2.41. The second-order valence-electron chi connectivity index (χ2n) is 4.02. The predicted molar refractivity (Wildman–Crippen MR) is 72.2 cm³/mol. The Hall–Kier alpha value is -0.210. The topological polar surface area (TPSA) is 76.7 Å². The van der Waals surface area contributed by atoms with E-state index in [9.17, 15) is 8.42 Å². The van der Waals surface area contributed by atoms with E-state index < -0.39 is 15.3 Å². The molecule has 0 heterocycles. The summed E-state index contributed by atoms with van der Waals surface area (Å²) in [4.78, 5) is 0. The zero-order valence-electron chi connectivity index (χ0n) is 11.6. The van der Waals surface area contributed by atoms with Crippen LogP contribution in [0, 0.1) is 0 Å². The molecule has 0 rings (SSSR count). The van der Waals surface area contributed by atoms with Crippen LogP contribution in [0.4, 0.5) is 0 Å². The van der Waals surface area contributed by atoms with Gasteiger partial charge in [0.25, 0.3) is 0 Å². The lowest BCUT2D eigenvalue weighted by molar-refractivity contribution is 0.0699. The molecule has 6 nitrogen and oxygen atoms in total. The third-order valence-corrected chi connectivity index (χ3v) is 4.24. The molecule has 0 saturated carbocycles. The smallest absolute Gasteiger partial charge is 0.215 e. The van der Waals surface area contributed by atoms with Crippen LogP contribution in [0.5, 0.6) is 0 Å². The van der Waals surface area contributed by atoms with Gasteiger partial charge in [-0.05, 0) is 19.9 Å². The van der Waals surface area contributed by atoms with Crippen LogP contribution >= 0.6 is 0 Å². The van der Waals surface area contributed by atoms with Gasteiger partial charge in [0.2, 0.25) is 10.0 Å². The molecule has 2 N–H and O–H groups in total. The summed E-state index contributed by atoms with van der Waals surface area (Å²) in [7, 11) is -1.61. The number of sulfonamides is 1. The summed E-state index contributed by atoms with van der Waals surface area (Å²) in [6.07, 6.45) is 0.664. The van der Waals surface area contributed by atoms with Gasteiger partial charge in [-0.1, -0.05) is 6.92 Å². The van der Waals surface area contributed by atoms with Gasteiger partial charge in [0, 0.05) is 26.8 Å². The molecule has 7 heteroatoms. The summed E-state index contributed by atoms with van der Waals surface area (Å²) in [5, 5.41) is 2.60. The summed E-state index contributed by atoms with van der Waals surface area (Å²) in [6.45, 7) is 6.93. The van der Waals surface area contributed by atoms with Crippen LogP contribution in [-0.2, 0) is 19.5 Å². The average Bonchev–Trinajstić information content (AvgIpc) is 2.34. The van der Waals surface area contributed by atoms with Crippen LogP contribution in [0.1, 0.15) is 20.3 Å². The highest BCUT2D eigenvalue weighted by molar-refractivity contribution is 7.90. The average molecular weight is 282 g/mol. The number of hydrogen-bond donors (Lipinski definition) is 2. The number of ether oxygens (including phenoxy) is 2. The summed E-state index contributed by atoms with van der Waals surface area (Å²) in [6, 6.07) is 0. The lowest BCUT2D eigenvalue weighted by Crippen LogP contribution is -2.39. The second kappa shape index (κ2) is 10.7. The maximum atomic E-state index is 11.8. The highest BCUT2D eigenvalue weighted by Crippen LogP contribution is 1.96. The predicted octanol–water partition coefficient (Wildman–Crippen LogP) is -0.0431. The third kappa shape index (κ3) is 8.82. The molecular weight excluding hydrogens is 256 g/mol. The molecule has 0 fully saturated rings. The summed E-state index contributed by atoms with van der Waals surface area (Å²) >= 11 is 0. The Labute approximate surface area is 110 Å². The summed E-state index contributed by atoms with van der Waals surface area (Å²) in [5.41, 5.74) is 0. The van der Waals surface area contributed by atoms with Crippen LogP contribution in [0.2, 0.25) is 0 Å². The van der Waals surface area contributed by atoms with E-state index in [1.807, 2.05) is 6.92 Å². The first kappa shape index (κ1) is 17.8. The van der Waals surface area contributed by atoms with Crippen molar-refractivity contribution >= 4 is 10.0 Å². The van der Waals surface area contributed by atoms with Crippen molar-refractivity contribution in [3.8, 4) is 0 Å². The van der Waals surface area contributed by atoms with Gasteiger partial charge in [-0.3, -0.25) is 0 Å². The fourth-order valence-corrected chi connectivity index (χ4v) is 2.28. The van der Waals surface area contributed by atoms with Gasteiger partial charge in [0.1, 0.15) is 0 Å². The lowest BCUT2D eigenvalue weighted by Gasteiger charge is -2.14. The molecule has 0 aliphatic heterocycles. The Kier molecular flexibility index (Phi) is 10.6. The Morgan fingerprint density at radius 1 is 1.22 bits per heavy atom. The molecule has 0 spiro atoms. The molecule has 0 saturated heterocycles. The zero-order valence-corrected chi connectivity index (χ0v) is 12.4. The monoisotopic (exact) mass is 282 g/mol. The summed E-state index contributed by atoms with van der Waals surface area (Å²) < 4.78 is 36.2. The van der Waals surface area contributed by atoms with Crippen LogP contribution in [0.15, 0.2) is 0 Å². The maximum absolute atomic E-state index is 11.8. The molecule has 0 aromatic carbocycles. The van der Waals surface area contributed by atoms with Crippen LogP contribution < -0.4 is 10.0 Å². The second-order valence-corrected chi connectivity index (χ2v) is 6.20. The largest absolute Gasteiger partial charge is 0.382 e. The van der Waals surface area contributed by atoms with E-state index in [1.54, 1.807) is 14.0 Å². The molecule has 1 unspecified atom stereocenters. The minimum absolute atomic E-state index is 0.409. The first-order chi connectivity index (χ1) is 8.54. The number of rotatable bonds is 12. The highest BCUT2D eigenvalue weighted by atomic mass is 32.2. The van der Waals surface area contributed by atoms with E-state index in [0.29, 0.717) is 39.3 Å². The van der Waals surface area contributed by atoms with E-state index in [2.05, 4.69) is 10.0 Å². The molecule has 0 aliphatic carbocycles. The zero-order chi connectivity index (χ0) is 13.9. The molecule has 0 radical (unpaired) electrons. The molecule has 110 valence electrons. The van der Waals surface area contributed by atoms with Crippen molar-refractivity contribution < 1.29 is 17.9 Å². The maximum Gasteiger partial charge on any atom is 0.215 e. The molecular formula is C11H26N2O4S. The molecule has 0 bridgehead atoms. The quantitative estimate of drug-likeness (QED) is 0.491. The van der Waals surface area contributed by atoms with Crippen molar-refractivity contribution in [3.63, 3.8) is 0 Å².